The number of fused-ring (bicyclic) bond motifs is 5. The van der Waals surface area contributed by atoms with Gasteiger partial charge in [-0.1, -0.05) is 50.2 Å². The van der Waals surface area contributed by atoms with Crippen molar-refractivity contribution in [2.45, 2.75) is 108 Å². The van der Waals surface area contributed by atoms with Crippen LogP contribution < -0.4 is 5.73 Å². The van der Waals surface area contributed by atoms with E-state index in [0.717, 1.165) is 30.7 Å². The van der Waals surface area contributed by atoms with Crippen LogP contribution in [0.5, 0.6) is 0 Å². The third-order valence-electron chi connectivity index (χ3n) is 12.1. The average Bonchev–Trinajstić information content (AvgIpc) is 3.31. The van der Waals surface area contributed by atoms with Crippen LogP contribution in [0.4, 0.5) is 0 Å². The molecule has 10 heteroatoms. The normalized spacial score (nSPS) is 37.5. The van der Waals surface area contributed by atoms with Gasteiger partial charge in [0.2, 0.25) is 0 Å². The fourth-order valence-corrected chi connectivity index (χ4v) is 11.2. The van der Waals surface area contributed by atoms with Gasteiger partial charge in [-0.2, -0.15) is 8.42 Å². The summed E-state index contributed by atoms with van der Waals surface area (Å²) in [7, 11) is -2.55. The quantitative estimate of drug-likeness (QED) is 0.121. The van der Waals surface area contributed by atoms with Crippen molar-refractivity contribution in [3.63, 3.8) is 0 Å². The number of aliphatic hydroxyl groups excluding tert-OH is 1. The van der Waals surface area contributed by atoms with E-state index in [9.17, 15) is 18.3 Å². The first-order valence-corrected chi connectivity index (χ1v) is 18.2. The van der Waals surface area contributed by atoms with E-state index in [1.165, 1.54) is 57.8 Å². The van der Waals surface area contributed by atoms with Crippen LogP contribution in [0.25, 0.3) is 0 Å². The Morgan fingerprint density at radius 3 is 2.40 bits per heavy atom. The Morgan fingerprint density at radius 1 is 1.12 bits per heavy atom. The summed E-state index contributed by atoms with van der Waals surface area (Å²) < 4.78 is 34.4. The zero-order chi connectivity index (χ0) is 31.7. The molecule has 0 aliphatic heterocycles. The van der Waals surface area contributed by atoms with E-state index in [4.69, 9.17) is 20.4 Å². The van der Waals surface area contributed by atoms with Crippen molar-refractivity contribution in [1.29, 1.82) is 5.41 Å². The van der Waals surface area contributed by atoms with Crippen LogP contribution in [-0.4, -0.2) is 47.7 Å². The molecule has 0 aromatic heterocycles. The molecule has 8 nitrogen and oxygen atoms in total. The zero-order valence-corrected chi connectivity index (χ0v) is 28.1. The number of methoxy groups -OCH3 is 1. The van der Waals surface area contributed by atoms with Crippen LogP contribution in [0, 0.1) is 58.7 Å². The van der Waals surface area contributed by atoms with E-state index in [1.807, 2.05) is 6.92 Å². The second kappa shape index (κ2) is 13.4. The Hall–Kier alpha value is -1.62. The Morgan fingerprint density at radius 2 is 1.79 bits per heavy atom. The lowest BCUT2D eigenvalue weighted by Gasteiger charge is -2.62. The molecule has 0 heterocycles. The topological polar surface area (TPSA) is 151 Å². The van der Waals surface area contributed by atoms with Crippen molar-refractivity contribution in [3.05, 3.63) is 29.8 Å². The zero-order valence-electron chi connectivity index (χ0n) is 26.4. The van der Waals surface area contributed by atoms with Gasteiger partial charge in [-0.3, -0.25) is 14.8 Å². The Bertz CT molecular complexity index is 1260. The average molecular weight is 637 g/mol. The van der Waals surface area contributed by atoms with Crippen molar-refractivity contribution in [2.24, 2.45) is 52.1 Å². The smallest absolute Gasteiger partial charge is 0.305 e. The molecule has 0 bridgehead atoms. The highest BCUT2D eigenvalue weighted by atomic mass is 32.2. The van der Waals surface area contributed by atoms with Crippen LogP contribution in [-0.2, 0) is 19.6 Å². The highest BCUT2D eigenvalue weighted by molar-refractivity contribution is 8.14. The van der Waals surface area contributed by atoms with Crippen molar-refractivity contribution in [2.75, 3.05) is 7.11 Å². The third-order valence-corrected chi connectivity index (χ3v) is 14.0. The molecule has 4 aliphatic rings. The summed E-state index contributed by atoms with van der Waals surface area (Å²) in [4.78, 5) is 11.6. The van der Waals surface area contributed by atoms with Gasteiger partial charge >= 0.3 is 5.97 Å². The van der Waals surface area contributed by atoms with Crippen LogP contribution >= 0.6 is 11.8 Å². The van der Waals surface area contributed by atoms with Gasteiger partial charge in [-0.05, 0) is 123 Å². The van der Waals surface area contributed by atoms with Gasteiger partial charge in [-0.15, -0.1) is 0 Å². The number of aryl methyl sites for hydroxylation is 1. The summed E-state index contributed by atoms with van der Waals surface area (Å²) in [5.41, 5.74) is 6.94. The Kier molecular flexibility index (Phi) is 10.7. The van der Waals surface area contributed by atoms with E-state index in [1.54, 1.807) is 23.9 Å². The molecule has 43 heavy (non-hydrogen) atoms. The highest BCUT2D eigenvalue weighted by Gasteiger charge is 2.63. The standard InChI is InChI=1S/C26H44N2O3S.C7H8O3S/c1-15(5-10-23(30)31-4)19-8-9-20-18-7-6-16-13-17(32-24(27)28)11-12-25(16,2)21(18)14-22(29)26(19,20)3;1-6-2-4-7(5-3-6)11(8,9)10/h15-22,29H,5-14H2,1-4H3,(H3,27,28);2-5H,1H3,(H,8,9,10). The van der Waals surface area contributed by atoms with Gasteiger partial charge in [0.1, 0.15) is 0 Å². The van der Waals surface area contributed by atoms with Crippen LogP contribution in [0.1, 0.15) is 90.5 Å². The van der Waals surface area contributed by atoms with E-state index < -0.39 is 10.1 Å². The lowest BCUT2D eigenvalue weighted by Crippen LogP contribution is -2.58. The number of nitrogens with one attached hydrogen (secondary N) is 1. The van der Waals surface area contributed by atoms with Crippen molar-refractivity contribution in [1.82, 2.24) is 0 Å². The second-order valence-electron chi connectivity index (χ2n) is 14.2. The molecule has 0 saturated heterocycles. The summed E-state index contributed by atoms with van der Waals surface area (Å²) in [5.74, 6) is 3.43. The molecule has 4 aliphatic carbocycles. The molecule has 1 aromatic rings. The number of aliphatic hydroxyl groups is 1. The van der Waals surface area contributed by atoms with Crippen molar-refractivity contribution >= 4 is 33.0 Å². The maximum absolute atomic E-state index is 11.7. The van der Waals surface area contributed by atoms with Crippen LogP contribution in [0.2, 0.25) is 0 Å². The first-order chi connectivity index (χ1) is 20.1. The molecule has 1 aromatic carbocycles. The molecule has 10 atom stereocenters. The van der Waals surface area contributed by atoms with Crippen molar-refractivity contribution in [3.8, 4) is 0 Å². The monoisotopic (exact) mass is 636 g/mol. The van der Waals surface area contributed by atoms with E-state index >= 15 is 0 Å². The molecule has 242 valence electrons. The predicted octanol–water partition coefficient (Wildman–Crippen LogP) is 6.44. The highest BCUT2D eigenvalue weighted by Crippen LogP contribution is 2.68. The molecule has 4 fully saturated rings. The number of hydrogen-bond acceptors (Lipinski definition) is 7. The fourth-order valence-electron chi connectivity index (χ4n) is 9.79. The van der Waals surface area contributed by atoms with Gasteiger partial charge in [0, 0.05) is 11.7 Å². The SMILES string of the molecule is COC(=O)CCC(C)C1CCC2C3CCC4CC(SC(=N)N)CCC4(C)C3CC(O)C12C.Cc1ccc(S(=O)(=O)O)cc1. The number of carbonyl (C=O) groups excluding carboxylic acids is 1. The van der Waals surface area contributed by atoms with Crippen LogP contribution in [0.3, 0.4) is 0 Å². The maximum Gasteiger partial charge on any atom is 0.305 e. The molecule has 4 saturated carbocycles. The number of benzene rings is 1. The van der Waals surface area contributed by atoms with Gasteiger partial charge in [-0.25, -0.2) is 0 Å². The molecule has 0 amide bonds. The molecular weight excluding hydrogens is 585 g/mol. The van der Waals surface area contributed by atoms with Gasteiger partial charge < -0.3 is 15.6 Å². The van der Waals surface area contributed by atoms with Crippen molar-refractivity contribution < 1.29 is 27.6 Å². The number of rotatable bonds is 6. The summed E-state index contributed by atoms with van der Waals surface area (Å²) in [5, 5.41) is 20.1. The molecule has 0 spiro atoms. The number of nitrogens with two attached hydrogens (primary N) is 1. The molecule has 5 rings (SSSR count). The molecule has 5 N–H and O–H groups in total. The van der Waals surface area contributed by atoms with Gasteiger partial charge in [0.15, 0.2) is 5.17 Å². The minimum atomic E-state index is -4.02. The summed E-state index contributed by atoms with van der Waals surface area (Å²) in [6, 6.07) is 5.99. The minimum absolute atomic E-state index is 0.0262. The molecular formula is C33H52N2O6S2. The van der Waals surface area contributed by atoms with E-state index in [2.05, 4.69) is 20.8 Å². The lowest BCUT2D eigenvalue weighted by atomic mass is 9.44. The maximum atomic E-state index is 11.7. The van der Waals surface area contributed by atoms with Gasteiger partial charge in [0.25, 0.3) is 10.1 Å². The largest absolute Gasteiger partial charge is 0.469 e. The number of carbonyl (C=O) groups is 1. The molecule has 0 radical (unpaired) electrons. The summed E-state index contributed by atoms with van der Waals surface area (Å²) in [6.45, 7) is 9.02. The number of ether oxygens (including phenoxy) is 1. The minimum Gasteiger partial charge on any atom is -0.469 e. The third kappa shape index (κ3) is 7.12. The van der Waals surface area contributed by atoms with Crippen LogP contribution in [0.15, 0.2) is 29.2 Å². The lowest BCUT2D eigenvalue weighted by molar-refractivity contribution is -0.168. The van der Waals surface area contributed by atoms with E-state index in [-0.39, 0.29) is 27.6 Å². The Balaban J connectivity index is 0.000000324. The number of esters is 1. The van der Waals surface area contributed by atoms with E-state index in [0.29, 0.717) is 46.7 Å². The second-order valence-corrected chi connectivity index (χ2v) is 17.0. The molecule has 10 unspecified atom stereocenters. The summed E-state index contributed by atoms with van der Waals surface area (Å²) in [6.07, 6.45) is 10.5. The number of amidine groups is 1. The fraction of sp³-hybridized carbons (Fsp3) is 0.758. The first kappa shape index (κ1) is 34.3. The Labute approximate surface area is 262 Å². The first-order valence-electron chi connectivity index (χ1n) is 15.9. The number of hydrogen-bond donors (Lipinski definition) is 4. The van der Waals surface area contributed by atoms with Gasteiger partial charge in [0.05, 0.1) is 18.1 Å². The summed E-state index contributed by atoms with van der Waals surface area (Å²) >= 11 is 1.57. The predicted molar refractivity (Wildman–Crippen MR) is 171 cm³/mol. The number of thioether (sulfide) groups is 1.